The molecule has 0 aliphatic heterocycles. The van der Waals surface area contributed by atoms with E-state index in [9.17, 15) is 4.79 Å². The lowest BCUT2D eigenvalue weighted by atomic mass is 10.1. The van der Waals surface area contributed by atoms with Crippen molar-refractivity contribution in [1.82, 2.24) is 15.1 Å². The lowest BCUT2D eigenvalue weighted by molar-refractivity contribution is 0.0775. The average molecular weight is 387 g/mol. The van der Waals surface area contributed by atoms with E-state index in [0.717, 1.165) is 28.2 Å². The fraction of sp³-hybridized carbons (Fsp3) is 0.174. The van der Waals surface area contributed by atoms with Crippen LogP contribution in [0.2, 0.25) is 0 Å². The van der Waals surface area contributed by atoms with Crippen molar-refractivity contribution in [3.05, 3.63) is 83.3 Å². The molecule has 0 spiro atoms. The van der Waals surface area contributed by atoms with Crippen LogP contribution in [0.1, 0.15) is 27.4 Å². The summed E-state index contributed by atoms with van der Waals surface area (Å²) in [6.45, 7) is 4.30. The Morgan fingerprint density at radius 2 is 1.62 bits per heavy atom. The minimum atomic E-state index is -0.0864. The summed E-state index contributed by atoms with van der Waals surface area (Å²) in [4.78, 5) is 14.3. The summed E-state index contributed by atoms with van der Waals surface area (Å²) in [5, 5.41) is 8.30. The van der Waals surface area contributed by atoms with Crippen LogP contribution in [0.5, 0.6) is 0 Å². The summed E-state index contributed by atoms with van der Waals surface area (Å²) < 4.78 is 11.4. The van der Waals surface area contributed by atoms with Crippen molar-refractivity contribution in [1.29, 1.82) is 0 Å². The molecule has 1 amide bonds. The lowest BCUT2D eigenvalue weighted by Gasteiger charge is -2.15. The van der Waals surface area contributed by atoms with Gasteiger partial charge in [-0.1, -0.05) is 18.2 Å². The maximum absolute atomic E-state index is 12.7. The quantitative estimate of drug-likeness (QED) is 0.488. The van der Waals surface area contributed by atoms with E-state index < -0.39 is 0 Å². The molecule has 4 rings (SSSR count). The summed E-state index contributed by atoms with van der Waals surface area (Å²) in [5.41, 5.74) is 3.32. The van der Waals surface area contributed by atoms with E-state index in [0.29, 0.717) is 23.9 Å². The molecule has 2 aromatic heterocycles. The Morgan fingerprint density at radius 3 is 2.31 bits per heavy atom. The molecule has 4 aromatic rings. The third-order valence-electron chi connectivity index (χ3n) is 4.71. The van der Waals surface area contributed by atoms with Crippen LogP contribution < -0.4 is 0 Å². The standard InChI is InChI=1S/C23H21N3O3/c1-15-6-4-5-7-20(15)22-25-24-21(29-22)17-9-11-18(12-10-17)23(27)26(3)14-19-13-8-16(2)28-19/h4-13H,14H2,1-3H3. The molecule has 29 heavy (non-hydrogen) atoms. The Hall–Kier alpha value is -3.67. The zero-order valence-electron chi connectivity index (χ0n) is 16.5. The monoisotopic (exact) mass is 387 g/mol. The fourth-order valence-electron chi connectivity index (χ4n) is 3.11. The first kappa shape index (κ1) is 18.7. The Kier molecular flexibility index (Phi) is 4.99. The molecule has 0 fully saturated rings. The summed E-state index contributed by atoms with van der Waals surface area (Å²) in [6, 6.07) is 18.8. The van der Waals surface area contributed by atoms with Crippen molar-refractivity contribution in [3.63, 3.8) is 0 Å². The van der Waals surface area contributed by atoms with E-state index in [1.165, 1.54) is 0 Å². The molecule has 146 valence electrons. The first-order valence-electron chi connectivity index (χ1n) is 9.32. The zero-order chi connectivity index (χ0) is 20.4. The maximum atomic E-state index is 12.7. The first-order valence-corrected chi connectivity index (χ1v) is 9.32. The van der Waals surface area contributed by atoms with E-state index in [1.54, 1.807) is 24.1 Å². The smallest absolute Gasteiger partial charge is 0.254 e. The van der Waals surface area contributed by atoms with Gasteiger partial charge in [-0.3, -0.25) is 4.79 Å². The van der Waals surface area contributed by atoms with Gasteiger partial charge < -0.3 is 13.7 Å². The minimum absolute atomic E-state index is 0.0864. The van der Waals surface area contributed by atoms with Crippen molar-refractivity contribution < 1.29 is 13.6 Å². The molecular formula is C23H21N3O3. The largest absolute Gasteiger partial charge is 0.464 e. The zero-order valence-corrected chi connectivity index (χ0v) is 16.5. The molecule has 0 aliphatic rings. The third kappa shape index (κ3) is 3.96. The summed E-state index contributed by atoms with van der Waals surface area (Å²) >= 11 is 0. The summed E-state index contributed by atoms with van der Waals surface area (Å²) in [6.07, 6.45) is 0. The highest BCUT2D eigenvalue weighted by Gasteiger charge is 2.16. The van der Waals surface area contributed by atoms with Gasteiger partial charge in [0.1, 0.15) is 11.5 Å². The minimum Gasteiger partial charge on any atom is -0.464 e. The van der Waals surface area contributed by atoms with Gasteiger partial charge in [-0.2, -0.15) is 0 Å². The molecule has 0 N–H and O–H groups in total. The van der Waals surface area contributed by atoms with Gasteiger partial charge in [0.25, 0.3) is 5.91 Å². The second-order valence-electron chi connectivity index (χ2n) is 6.98. The highest BCUT2D eigenvalue weighted by Crippen LogP contribution is 2.26. The molecule has 6 nitrogen and oxygen atoms in total. The van der Waals surface area contributed by atoms with Crippen molar-refractivity contribution in [2.75, 3.05) is 7.05 Å². The van der Waals surface area contributed by atoms with E-state index in [2.05, 4.69) is 10.2 Å². The normalized spacial score (nSPS) is 10.9. The number of carbonyl (C=O) groups excluding carboxylic acids is 1. The van der Waals surface area contributed by atoms with Crippen molar-refractivity contribution in [2.24, 2.45) is 0 Å². The van der Waals surface area contributed by atoms with Crippen LogP contribution in [0.15, 0.2) is 69.5 Å². The number of hydrogen-bond acceptors (Lipinski definition) is 5. The Labute approximate surface area is 168 Å². The average Bonchev–Trinajstić information content (AvgIpc) is 3.37. The van der Waals surface area contributed by atoms with Crippen LogP contribution in [0, 0.1) is 13.8 Å². The van der Waals surface area contributed by atoms with Gasteiger partial charge >= 0.3 is 0 Å². The van der Waals surface area contributed by atoms with Gasteiger partial charge in [0.05, 0.1) is 6.54 Å². The predicted molar refractivity (Wildman–Crippen MR) is 109 cm³/mol. The molecule has 0 atom stereocenters. The van der Waals surface area contributed by atoms with Gasteiger partial charge in [0, 0.05) is 23.7 Å². The molecule has 2 heterocycles. The summed E-state index contributed by atoms with van der Waals surface area (Å²) in [5.74, 6) is 2.39. The van der Waals surface area contributed by atoms with E-state index in [4.69, 9.17) is 8.83 Å². The number of aryl methyl sites for hydroxylation is 2. The van der Waals surface area contributed by atoms with Gasteiger partial charge in [-0.25, -0.2) is 0 Å². The van der Waals surface area contributed by atoms with E-state index in [-0.39, 0.29) is 5.91 Å². The van der Waals surface area contributed by atoms with Crippen molar-refractivity contribution in [3.8, 4) is 22.9 Å². The third-order valence-corrected chi connectivity index (χ3v) is 4.71. The number of benzene rings is 2. The van der Waals surface area contributed by atoms with Crippen LogP contribution in [-0.4, -0.2) is 28.1 Å². The molecule has 2 aromatic carbocycles. The number of furan rings is 1. The van der Waals surface area contributed by atoms with Crippen LogP contribution in [0.4, 0.5) is 0 Å². The van der Waals surface area contributed by atoms with Gasteiger partial charge in [-0.05, 0) is 61.9 Å². The molecule has 0 saturated carbocycles. The predicted octanol–water partition coefficient (Wildman–Crippen LogP) is 4.89. The van der Waals surface area contributed by atoms with Gasteiger partial charge in [0.2, 0.25) is 11.8 Å². The van der Waals surface area contributed by atoms with Gasteiger partial charge in [0.15, 0.2) is 0 Å². The van der Waals surface area contributed by atoms with E-state index >= 15 is 0 Å². The molecule has 0 aliphatic carbocycles. The van der Waals surface area contributed by atoms with Gasteiger partial charge in [-0.15, -0.1) is 10.2 Å². The highest BCUT2D eigenvalue weighted by atomic mass is 16.4. The number of hydrogen-bond donors (Lipinski definition) is 0. The number of nitrogens with zero attached hydrogens (tertiary/aromatic N) is 3. The van der Waals surface area contributed by atoms with Crippen LogP contribution in [0.25, 0.3) is 22.9 Å². The number of amides is 1. The first-order chi connectivity index (χ1) is 14.0. The van der Waals surface area contributed by atoms with Crippen molar-refractivity contribution in [2.45, 2.75) is 20.4 Å². The molecular weight excluding hydrogens is 366 g/mol. The highest BCUT2D eigenvalue weighted by molar-refractivity contribution is 5.94. The molecule has 0 saturated heterocycles. The van der Waals surface area contributed by atoms with Crippen molar-refractivity contribution >= 4 is 5.91 Å². The summed E-state index contributed by atoms with van der Waals surface area (Å²) in [7, 11) is 1.75. The molecule has 0 unspecified atom stereocenters. The SMILES string of the molecule is Cc1ccc(CN(C)C(=O)c2ccc(-c3nnc(-c4ccccc4C)o3)cc2)o1. The number of aromatic nitrogens is 2. The number of rotatable bonds is 5. The second-order valence-corrected chi connectivity index (χ2v) is 6.98. The molecule has 0 bridgehead atoms. The fourth-order valence-corrected chi connectivity index (χ4v) is 3.11. The second kappa shape index (κ2) is 7.75. The maximum Gasteiger partial charge on any atom is 0.254 e. The Balaban J connectivity index is 1.49. The Morgan fingerprint density at radius 1 is 0.897 bits per heavy atom. The van der Waals surface area contributed by atoms with Crippen LogP contribution in [0.3, 0.4) is 0 Å². The Bertz CT molecular complexity index is 1140. The van der Waals surface area contributed by atoms with Crippen LogP contribution >= 0.6 is 0 Å². The molecule has 6 heteroatoms. The molecule has 0 radical (unpaired) electrons. The van der Waals surface area contributed by atoms with E-state index in [1.807, 2.05) is 62.4 Å². The lowest BCUT2D eigenvalue weighted by Crippen LogP contribution is -2.25. The topological polar surface area (TPSA) is 72.4 Å². The van der Waals surface area contributed by atoms with Crippen LogP contribution in [-0.2, 0) is 6.54 Å². The number of carbonyl (C=O) groups is 1.